The van der Waals surface area contributed by atoms with Crippen LogP contribution in [0.5, 0.6) is 0 Å². The normalized spacial score (nSPS) is 37.8. The van der Waals surface area contributed by atoms with Crippen LogP contribution in [0.25, 0.3) is 0 Å². The lowest BCUT2D eigenvalue weighted by Crippen LogP contribution is -2.49. The van der Waals surface area contributed by atoms with Crippen molar-refractivity contribution in [2.75, 3.05) is 13.2 Å². The van der Waals surface area contributed by atoms with E-state index in [0.717, 1.165) is 12.8 Å². The molecule has 3 aliphatic carbocycles. The molecule has 2 saturated carbocycles. The quantitative estimate of drug-likeness (QED) is 0.343. The van der Waals surface area contributed by atoms with Crippen LogP contribution >= 0.6 is 7.60 Å². The van der Waals surface area contributed by atoms with Crippen LogP contribution in [0.1, 0.15) is 47.5 Å². The van der Waals surface area contributed by atoms with Gasteiger partial charge in [0.15, 0.2) is 8.32 Å². The summed E-state index contributed by atoms with van der Waals surface area (Å²) < 4.78 is 32.3. The van der Waals surface area contributed by atoms with E-state index in [1.807, 2.05) is 13.8 Å². The lowest BCUT2D eigenvalue weighted by atomic mass is 10.0. The Morgan fingerprint density at radius 1 is 1.12 bits per heavy atom. The second kappa shape index (κ2) is 5.53. The van der Waals surface area contributed by atoms with Gasteiger partial charge >= 0.3 is 7.60 Å². The van der Waals surface area contributed by atoms with Crippen LogP contribution in [0, 0.1) is 11.8 Å². The molecule has 0 N–H and O–H groups in total. The summed E-state index contributed by atoms with van der Waals surface area (Å²) in [5.41, 5.74) is -0.338. The van der Waals surface area contributed by atoms with Gasteiger partial charge in [-0.1, -0.05) is 32.9 Å². The van der Waals surface area contributed by atoms with Crippen LogP contribution in [0.3, 0.4) is 0 Å². The molecule has 6 heteroatoms. The third kappa shape index (κ3) is 2.24. The van der Waals surface area contributed by atoms with Gasteiger partial charge in [0, 0.05) is 5.92 Å². The fraction of sp³-hybridized carbons (Fsp3) is 0.889. The van der Waals surface area contributed by atoms with E-state index >= 15 is 0 Å². The first kappa shape index (κ1) is 18.8. The highest BCUT2D eigenvalue weighted by Crippen LogP contribution is 2.87. The fourth-order valence-electron chi connectivity index (χ4n) is 4.60. The second-order valence-electron chi connectivity index (χ2n) is 9.02. The molecule has 0 saturated heterocycles. The molecule has 0 heterocycles. The number of hydrogen-bond acceptors (Lipinski definition) is 4. The molecule has 24 heavy (non-hydrogen) atoms. The summed E-state index contributed by atoms with van der Waals surface area (Å²) in [6, 6.07) is 0. The molecule has 0 aromatic rings. The Morgan fingerprint density at radius 3 is 2.17 bits per heavy atom. The highest BCUT2D eigenvalue weighted by molar-refractivity contribution is 7.56. The van der Waals surface area contributed by atoms with Gasteiger partial charge in [-0.15, -0.1) is 0 Å². The standard InChI is InChI=1S/C18H33O4PSi/c1-8-20-23(19,21-9-2)18-13-17(18,14-10-11-15(18)12-14)22-24(6,7)16(3,4)5/h10-11,14-15H,8-9,12-13H2,1-7H3/t14-,15+,17+,18-/m1/s1. The van der Waals surface area contributed by atoms with E-state index in [9.17, 15) is 4.57 Å². The molecule has 0 unspecified atom stereocenters. The molecule has 0 aromatic heterocycles. The van der Waals surface area contributed by atoms with Gasteiger partial charge in [0.1, 0.15) is 5.16 Å². The lowest BCUT2D eigenvalue weighted by Gasteiger charge is -2.42. The van der Waals surface area contributed by atoms with Crippen molar-refractivity contribution < 1.29 is 18.0 Å². The highest BCUT2D eigenvalue weighted by Gasteiger charge is 2.88. The van der Waals surface area contributed by atoms with Gasteiger partial charge in [-0.3, -0.25) is 4.57 Å². The van der Waals surface area contributed by atoms with E-state index in [0.29, 0.717) is 19.1 Å². The van der Waals surface area contributed by atoms with Gasteiger partial charge in [-0.05, 0) is 50.7 Å². The van der Waals surface area contributed by atoms with Crippen LogP contribution < -0.4 is 0 Å². The second-order valence-corrected chi connectivity index (χ2v) is 16.1. The maximum atomic E-state index is 13.8. The van der Waals surface area contributed by atoms with E-state index in [1.165, 1.54) is 0 Å². The average Bonchev–Trinajstić information content (AvgIpc) is 2.82. The third-order valence-electron chi connectivity index (χ3n) is 6.77. The Kier molecular flexibility index (Phi) is 4.34. The zero-order chi connectivity index (χ0) is 18.0. The highest BCUT2D eigenvalue weighted by atomic mass is 31.2. The molecule has 0 spiro atoms. The molecule has 138 valence electrons. The fourth-order valence-corrected chi connectivity index (χ4v) is 9.22. The Bertz CT molecular complexity index is 586. The Balaban J connectivity index is 2.00. The molecule has 2 fully saturated rings. The van der Waals surface area contributed by atoms with E-state index in [4.69, 9.17) is 13.5 Å². The topological polar surface area (TPSA) is 44.8 Å². The maximum Gasteiger partial charge on any atom is 0.340 e. The summed E-state index contributed by atoms with van der Waals surface area (Å²) in [5.74, 6) is 0.613. The molecule has 4 atom stereocenters. The maximum absolute atomic E-state index is 13.8. The number of hydrogen-bond donors (Lipinski definition) is 0. The summed E-state index contributed by atoms with van der Waals surface area (Å²) in [6.45, 7) is 16.0. The minimum atomic E-state index is -3.20. The first-order valence-electron chi connectivity index (χ1n) is 9.27. The third-order valence-corrected chi connectivity index (χ3v) is 14.3. The summed E-state index contributed by atoms with van der Waals surface area (Å²) in [4.78, 5) is 0. The lowest BCUT2D eigenvalue weighted by molar-refractivity contribution is 0.112. The average molecular weight is 373 g/mol. The van der Waals surface area contributed by atoms with Crippen molar-refractivity contribution in [1.29, 1.82) is 0 Å². The minimum absolute atomic E-state index is 0.128. The Morgan fingerprint density at radius 2 is 1.67 bits per heavy atom. The largest absolute Gasteiger partial charge is 0.409 e. The van der Waals surface area contributed by atoms with Crippen molar-refractivity contribution in [2.45, 2.75) is 76.3 Å². The summed E-state index contributed by atoms with van der Waals surface area (Å²) >= 11 is 0. The van der Waals surface area contributed by atoms with Crippen molar-refractivity contribution in [3.05, 3.63) is 12.2 Å². The molecule has 3 rings (SSSR count). The van der Waals surface area contributed by atoms with Gasteiger partial charge in [-0.25, -0.2) is 0 Å². The van der Waals surface area contributed by atoms with Gasteiger partial charge in [-0.2, -0.15) is 0 Å². The van der Waals surface area contributed by atoms with Crippen molar-refractivity contribution in [3.8, 4) is 0 Å². The van der Waals surface area contributed by atoms with E-state index in [-0.39, 0.29) is 16.6 Å². The van der Waals surface area contributed by atoms with Crippen molar-refractivity contribution in [1.82, 2.24) is 0 Å². The van der Waals surface area contributed by atoms with Crippen LogP contribution in [0.15, 0.2) is 12.2 Å². The number of fused-ring (bicyclic) bond motifs is 5. The molecule has 0 aromatic carbocycles. The Hall–Kier alpha value is 0.0669. The molecule has 4 nitrogen and oxygen atoms in total. The number of rotatable bonds is 7. The molecule has 3 aliphatic rings. The van der Waals surface area contributed by atoms with E-state index in [1.54, 1.807) is 0 Å². The van der Waals surface area contributed by atoms with Gasteiger partial charge < -0.3 is 13.5 Å². The summed E-state index contributed by atoms with van der Waals surface area (Å²) in [7, 11) is -5.18. The van der Waals surface area contributed by atoms with Gasteiger partial charge in [0.2, 0.25) is 0 Å². The molecule has 0 radical (unpaired) electrons. The predicted molar refractivity (Wildman–Crippen MR) is 100.0 cm³/mol. The summed E-state index contributed by atoms with van der Waals surface area (Å²) in [5, 5.41) is -0.330. The van der Waals surface area contributed by atoms with Crippen molar-refractivity contribution in [3.63, 3.8) is 0 Å². The van der Waals surface area contributed by atoms with Gasteiger partial charge in [0.05, 0.1) is 18.8 Å². The minimum Gasteiger partial charge on any atom is -0.409 e. The first-order valence-corrected chi connectivity index (χ1v) is 13.7. The van der Waals surface area contributed by atoms with Crippen molar-refractivity contribution in [2.24, 2.45) is 11.8 Å². The zero-order valence-corrected chi connectivity index (χ0v) is 18.1. The van der Waals surface area contributed by atoms with E-state index in [2.05, 4.69) is 46.0 Å². The molecular formula is C18H33O4PSi. The summed E-state index contributed by atoms with van der Waals surface area (Å²) in [6.07, 6.45) is 6.35. The van der Waals surface area contributed by atoms with Crippen LogP contribution in [-0.2, 0) is 18.0 Å². The zero-order valence-electron chi connectivity index (χ0n) is 16.2. The van der Waals surface area contributed by atoms with Crippen molar-refractivity contribution >= 4 is 15.9 Å². The smallest absolute Gasteiger partial charge is 0.340 e. The molecular weight excluding hydrogens is 339 g/mol. The Labute approximate surface area is 148 Å². The van der Waals surface area contributed by atoms with Crippen LogP contribution in [0.2, 0.25) is 18.1 Å². The number of allylic oxidation sites excluding steroid dienone is 1. The first-order chi connectivity index (χ1) is 11.0. The van der Waals surface area contributed by atoms with Crippen LogP contribution in [-0.4, -0.2) is 32.3 Å². The molecule has 0 aliphatic heterocycles. The van der Waals surface area contributed by atoms with Gasteiger partial charge in [0.25, 0.3) is 0 Å². The monoisotopic (exact) mass is 372 g/mol. The molecule has 0 amide bonds. The van der Waals surface area contributed by atoms with Crippen LogP contribution in [0.4, 0.5) is 0 Å². The SMILES string of the molecule is CCOP(=O)(OCC)[C@@]12C[C@]1(O[Si](C)(C)C(C)(C)C)[C@@H]1C=C[C@H]2C1. The van der Waals surface area contributed by atoms with E-state index < -0.39 is 21.1 Å². The molecule has 2 bridgehead atoms. The predicted octanol–water partition coefficient (Wildman–Crippen LogP) is 5.36.